The Kier molecular flexibility index (Phi) is 107. The van der Waals surface area contributed by atoms with Gasteiger partial charge in [0.2, 0.25) is 6.08 Å². The molecule has 0 aromatic heterocycles. The van der Waals surface area contributed by atoms with Crippen molar-refractivity contribution in [3.63, 3.8) is 0 Å². The first-order valence-corrected chi connectivity index (χ1v) is 5.37. The molecule has 0 spiro atoms. The number of rotatable bonds is 2. The molecule has 0 aromatic carbocycles. The first-order chi connectivity index (χ1) is 7.16. The summed E-state index contributed by atoms with van der Waals surface area (Å²) in [5, 5.41) is 0. The van der Waals surface area contributed by atoms with Crippen molar-refractivity contribution in [1.29, 1.82) is 0 Å². The molecule has 0 aliphatic heterocycles. The molecule has 0 amide bonds. The van der Waals surface area contributed by atoms with Gasteiger partial charge in [0.05, 0.1) is 0 Å². The molecule has 2 nitrogen and oxygen atoms in total. The largest absolute Gasteiger partial charge is 2.00 e. The van der Waals surface area contributed by atoms with E-state index in [1.807, 2.05) is 20.8 Å². The van der Waals surface area contributed by atoms with Crippen molar-refractivity contribution in [2.75, 3.05) is 6.54 Å². The van der Waals surface area contributed by atoms with Gasteiger partial charge in [0.1, 0.15) is 0 Å². The van der Waals surface area contributed by atoms with Gasteiger partial charge in [-0.25, -0.2) is 9.79 Å². The summed E-state index contributed by atoms with van der Waals surface area (Å²) < 4.78 is 0. The zero-order chi connectivity index (χ0) is 12.9. The fraction of sp³-hybridized carbons (Fsp3) is 0.615. The zero-order valence-electron chi connectivity index (χ0n) is 11.4. The van der Waals surface area contributed by atoms with E-state index in [0.717, 1.165) is 19.3 Å². The first kappa shape index (κ1) is 30.2. The maximum absolute atomic E-state index is 9.24. The van der Waals surface area contributed by atoms with E-state index in [9.17, 15) is 4.79 Å². The van der Waals surface area contributed by atoms with Crippen LogP contribution < -0.4 is 0 Å². The van der Waals surface area contributed by atoms with Gasteiger partial charge in [-0.2, -0.15) is 25.7 Å². The molecule has 3 heteroatoms. The molecule has 0 rings (SSSR count). The predicted octanol–water partition coefficient (Wildman–Crippen LogP) is 3.86. The van der Waals surface area contributed by atoms with E-state index in [1.165, 1.54) is 6.08 Å². The summed E-state index contributed by atoms with van der Waals surface area (Å²) in [5.74, 6) is 0. The van der Waals surface area contributed by atoms with Crippen LogP contribution in [0.2, 0.25) is 0 Å². The average Bonchev–Trinajstić information content (AvgIpc) is 2.18. The summed E-state index contributed by atoms with van der Waals surface area (Å²) in [4.78, 5) is 12.5. The molecule has 0 aliphatic rings. The van der Waals surface area contributed by atoms with Gasteiger partial charge in [0.25, 0.3) is 0 Å². The van der Waals surface area contributed by atoms with E-state index in [2.05, 4.69) is 32.7 Å². The van der Waals surface area contributed by atoms with Gasteiger partial charge < -0.3 is 27.7 Å². The Hall–Kier alpha value is 0.861. The summed E-state index contributed by atoms with van der Waals surface area (Å²) in [5.41, 5.74) is 0. The minimum absolute atomic E-state index is 0. The molecular formula is C13H27NOSr-2. The molecule has 16 heavy (non-hydrogen) atoms. The fourth-order valence-corrected chi connectivity index (χ4v) is 0.125. The minimum atomic E-state index is 0. The maximum atomic E-state index is 9.24. The molecular weight excluding hydrogens is 274 g/mol. The van der Waals surface area contributed by atoms with Crippen LogP contribution >= 0.6 is 0 Å². The van der Waals surface area contributed by atoms with Gasteiger partial charge in [0.15, 0.2) is 0 Å². The molecule has 0 N–H and O–H groups in total. The molecule has 0 fully saturated rings. The maximum Gasteiger partial charge on any atom is 2.00 e. The average molecular weight is 301 g/mol. The molecule has 0 heterocycles. The van der Waals surface area contributed by atoms with Crippen molar-refractivity contribution in [3.8, 4) is 0 Å². The van der Waals surface area contributed by atoms with E-state index >= 15 is 0 Å². The molecule has 94 valence electrons. The van der Waals surface area contributed by atoms with Crippen LogP contribution in [0.15, 0.2) is 4.99 Å². The third kappa shape index (κ3) is 192. The molecule has 0 bridgehead atoms. The molecule has 0 saturated carbocycles. The summed E-state index contributed by atoms with van der Waals surface area (Å²) in [7, 11) is 0. The van der Waals surface area contributed by atoms with Crippen molar-refractivity contribution in [2.24, 2.45) is 4.99 Å². The van der Waals surface area contributed by atoms with Crippen molar-refractivity contribution in [3.05, 3.63) is 27.7 Å². The number of carbonyl (C=O) groups excluding carboxylic acids is 1. The van der Waals surface area contributed by atoms with Crippen molar-refractivity contribution in [1.82, 2.24) is 0 Å². The van der Waals surface area contributed by atoms with Crippen LogP contribution in [-0.2, 0) is 4.79 Å². The van der Waals surface area contributed by atoms with Gasteiger partial charge in [-0.15, -0.1) is 0 Å². The van der Waals surface area contributed by atoms with Gasteiger partial charge in [-0.05, 0) is 0 Å². The second kappa shape index (κ2) is 56.7. The van der Waals surface area contributed by atoms with Crippen LogP contribution in [0.4, 0.5) is 0 Å². The SMILES string of the molecule is [CH2-]CC.[CH2-]CC.[CH2-]CC.[CH2-]CCN=C=O.[Sr+2]. The van der Waals surface area contributed by atoms with Gasteiger partial charge in [0, 0.05) is 6.54 Å². The number of hydrogen-bond acceptors (Lipinski definition) is 2. The molecule has 0 atom stereocenters. The Labute approximate surface area is 141 Å². The fourth-order valence-electron chi connectivity index (χ4n) is 0.125. The first-order valence-electron chi connectivity index (χ1n) is 5.37. The van der Waals surface area contributed by atoms with Crippen LogP contribution in [0.3, 0.4) is 0 Å². The number of hydrogen-bond donors (Lipinski definition) is 0. The minimum Gasteiger partial charge on any atom is -0.344 e. The predicted molar refractivity (Wildman–Crippen MR) is 75.7 cm³/mol. The molecule has 0 radical (unpaired) electrons. The summed E-state index contributed by atoms with van der Waals surface area (Å²) in [6, 6.07) is 0. The Morgan fingerprint density at radius 3 is 1.25 bits per heavy atom. The van der Waals surface area contributed by atoms with E-state index in [4.69, 9.17) is 0 Å². The normalized spacial score (nSPS) is 5.94. The van der Waals surface area contributed by atoms with E-state index < -0.39 is 0 Å². The Morgan fingerprint density at radius 1 is 0.938 bits per heavy atom. The van der Waals surface area contributed by atoms with Crippen LogP contribution in [0, 0.1) is 27.7 Å². The smallest absolute Gasteiger partial charge is 0.344 e. The second-order valence-electron chi connectivity index (χ2n) is 2.33. The monoisotopic (exact) mass is 301 g/mol. The summed E-state index contributed by atoms with van der Waals surface area (Å²) in [6.45, 7) is 20.5. The molecule has 0 saturated heterocycles. The van der Waals surface area contributed by atoms with E-state index in [0.29, 0.717) is 13.0 Å². The molecule has 0 aliphatic carbocycles. The number of aliphatic imine (C=N–C) groups is 1. The quantitative estimate of drug-likeness (QED) is 0.329. The standard InChI is InChI=1S/C4H6NO.3C3H7.Sr/c1-2-3-5-4-6;3*1-3-2;/h1-3H2;3*1,3H2,2H3;/q4*-1;+2. The summed E-state index contributed by atoms with van der Waals surface area (Å²) >= 11 is 0. The third-order valence-electron chi connectivity index (χ3n) is 0.334. The summed E-state index contributed by atoms with van der Waals surface area (Å²) in [6.07, 6.45) is 5.08. The van der Waals surface area contributed by atoms with Gasteiger partial charge in [-0.3, -0.25) is 0 Å². The Bertz CT molecular complexity index is 97.4. The van der Waals surface area contributed by atoms with E-state index in [1.54, 1.807) is 0 Å². The van der Waals surface area contributed by atoms with Crippen LogP contribution in [-0.4, -0.2) is 58.1 Å². The van der Waals surface area contributed by atoms with E-state index in [-0.39, 0.29) is 45.5 Å². The van der Waals surface area contributed by atoms with Crippen LogP contribution in [0.25, 0.3) is 0 Å². The van der Waals surface area contributed by atoms with Gasteiger partial charge >= 0.3 is 45.5 Å². The van der Waals surface area contributed by atoms with Crippen molar-refractivity contribution >= 4 is 51.6 Å². The van der Waals surface area contributed by atoms with Crippen molar-refractivity contribution in [2.45, 2.75) is 46.5 Å². The topological polar surface area (TPSA) is 29.4 Å². The molecule has 0 unspecified atom stereocenters. The number of nitrogens with zero attached hydrogens (tertiary/aromatic N) is 1. The number of isocyanates is 1. The zero-order valence-corrected chi connectivity index (χ0v) is 14.9. The Morgan fingerprint density at radius 2 is 1.19 bits per heavy atom. The van der Waals surface area contributed by atoms with Crippen LogP contribution in [0.1, 0.15) is 46.5 Å². The van der Waals surface area contributed by atoms with Crippen molar-refractivity contribution < 1.29 is 4.79 Å². The Balaban J connectivity index is -0.0000000353. The third-order valence-corrected chi connectivity index (χ3v) is 0.334. The second-order valence-corrected chi connectivity index (χ2v) is 2.33. The van der Waals surface area contributed by atoms with Crippen LogP contribution in [0.5, 0.6) is 0 Å². The van der Waals surface area contributed by atoms with Gasteiger partial charge in [-0.1, -0.05) is 20.8 Å². The molecule has 0 aromatic rings.